The van der Waals surface area contributed by atoms with Crippen LogP contribution in [0.4, 0.5) is 0 Å². The number of para-hydroxylation sites is 1. The Labute approximate surface area is 136 Å². The maximum absolute atomic E-state index is 12.9. The molecule has 1 saturated carbocycles. The molecule has 5 heteroatoms. The van der Waals surface area contributed by atoms with E-state index in [9.17, 15) is 14.7 Å². The minimum atomic E-state index is -0.788. The highest BCUT2D eigenvalue weighted by atomic mass is 16.5. The van der Waals surface area contributed by atoms with Crippen molar-refractivity contribution in [2.45, 2.75) is 32.8 Å². The maximum atomic E-state index is 12.9. The summed E-state index contributed by atoms with van der Waals surface area (Å²) in [6.07, 6.45) is 2.15. The molecule has 1 aromatic rings. The van der Waals surface area contributed by atoms with Crippen LogP contribution in [0.1, 0.15) is 37.0 Å². The normalized spacial score (nSPS) is 24.0. The Morgan fingerprint density at radius 2 is 1.91 bits per heavy atom. The molecule has 1 aliphatic heterocycles. The van der Waals surface area contributed by atoms with Gasteiger partial charge in [0.2, 0.25) is 0 Å². The van der Waals surface area contributed by atoms with Crippen molar-refractivity contribution in [1.82, 2.24) is 4.90 Å². The molecule has 1 N–H and O–H groups in total. The van der Waals surface area contributed by atoms with E-state index in [-0.39, 0.29) is 17.9 Å². The number of benzene rings is 1. The highest BCUT2D eigenvalue weighted by molar-refractivity contribution is 5.97. The van der Waals surface area contributed by atoms with Gasteiger partial charge in [-0.3, -0.25) is 9.59 Å². The number of nitrogens with zero attached hydrogens (tertiary/aromatic N) is 1. The number of amides is 1. The van der Waals surface area contributed by atoms with E-state index in [4.69, 9.17) is 4.74 Å². The van der Waals surface area contributed by atoms with E-state index in [1.54, 1.807) is 17.0 Å². The first-order chi connectivity index (χ1) is 11.0. The lowest BCUT2D eigenvalue weighted by Gasteiger charge is -2.19. The third-order valence-electron chi connectivity index (χ3n) is 4.68. The number of rotatable bonds is 5. The van der Waals surface area contributed by atoms with Gasteiger partial charge in [-0.1, -0.05) is 12.1 Å². The molecule has 0 spiro atoms. The number of hydrogen-bond acceptors (Lipinski definition) is 3. The van der Waals surface area contributed by atoms with E-state index in [0.29, 0.717) is 30.3 Å². The van der Waals surface area contributed by atoms with Crippen molar-refractivity contribution in [1.29, 1.82) is 0 Å². The second-order valence-electron chi connectivity index (χ2n) is 6.82. The van der Waals surface area contributed by atoms with Gasteiger partial charge in [-0.15, -0.1) is 0 Å². The number of aliphatic carboxylic acids is 1. The minimum absolute atomic E-state index is 0.0199. The molecule has 0 bridgehead atoms. The zero-order valence-electron chi connectivity index (χ0n) is 13.6. The Bertz CT molecular complexity index is 609. The molecule has 2 aliphatic rings. The summed E-state index contributed by atoms with van der Waals surface area (Å²) in [7, 11) is 0. The molecule has 2 atom stereocenters. The number of likely N-dealkylation sites (tertiary alicyclic amines) is 1. The lowest BCUT2D eigenvalue weighted by atomic mass is 9.92. The smallest absolute Gasteiger partial charge is 0.308 e. The molecule has 1 amide bonds. The summed E-state index contributed by atoms with van der Waals surface area (Å²) in [5.74, 6) is -0.232. The molecule has 1 saturated heterocycles. The van der Waals surface area contributed by atoms with Crippen LogP contribution in [0.2, 0.25) is 0 Å². The summed E-state index contributed by atoms with van der Waals surface area (Å²) in [6, 6.07) is 7.19. The largest absolute Gasteiger partial charge is 0.490 e. The number of hydrogen-bond donors (Lipinski definition) is 1. The summed E-state index contributed by atoms with van der Waals surface area (Å²) >= 11 is 0. The summed E-state index contributed by atoms with van der Waals surface area (Å²) in [5.41, 5.74) is 0.516. The van der Waals surface area contributed by atoms with E-state index < -0.39 is 11.9 Å². The Hall–Kier alpha value is -2.04. The lowest BCUT2D eigenvalue weighted by Crippen LogP contribution is -2.30. The molecule has 0 aromatic heterocycles. The molecule has 1 aromatic carbocycles. The molecule has 0 radical (unpaired) electrons. The number of carbonyl (C=O) groups excluding carboxylic acids is 1. The summed E-state index contributed by atoms with van der Waals surface area (Å²) in [5, 5.41) is 9.44. The molecule has 5 nitrogen and oxygen atoms in total. The van der Waals surface area contributed by atoms with E-state index in [1.165, 1.54) is 0 Å². The molecule has 3 rings (SSSR count). The quantitative estimate of drug-likeness (QED) is 0.906. The van der Waals surface area contributed by atoms with Gasteiger partial charge in [0.1, 0.15) is 5.75 Å². The Kier molecular flexibility index (Phi) is 4.28. The van der Waals surface area contributed by atoms with E-state index in [0.717, 1.165) is 12.8 Å². The predicted molar refractivity (Wildman–Crippen MR) is 85.4 cm³/mol. The lowest BCUT2D eigenvalue weighted by molar-refractivity contribution is -0.142. The van der Waals surface area contributed by atoms with Gasteiger partial charge in [-0.05, 0) is 50.7 Å². The SMILES string of the molecule is CC(C)Oc1ccccc1C(=O)N1C[C@H](C(=O)O)[C@@H](C2CC2)C1. The summed E-state index contributed by atoms with van der Waals surface area (Å²) in [6.45, 7) is 4.67. The van der Waals surface area contributed by atoms with Crippen molar-refractivity contribution in [3.8, 4) is 5.75 Å². The van der Waals surface area contributed by atoms with Gasteiger partial charge in [-0.25, -0.2) is 0 Å². The predicted octanol–water partition coefficient (Wildman–Crippen LogP) is 2.66. The molecule has 2 fully saturated rings. The Morgan fingerprint density at radius 1 is 1.22 bits per heavy atom. The van der Waals surface area contributed by atoms with Crippen molar-refractivity contribution in [3.63, 3.8) is 0 Å². The number of carbonyl (C=O) groups is 2. The zero-order valence-corrected chi connectivity index (χ0v) is 13.6. The fourth-order valence-electron chi connectivity index (χ4n) is 3.43. The number of carboxylic acids is 1. The summed E-state index contributed by atoms with van der Waals surface area (Å²) in [4.78, 5) is 26.0. The molecule has 1 heterocycles. The monoisotopic (exact) mass is 317 g/mol. The second kappa shape index (κ2) is 6.22. The van der Waals surface area contributed by atoms with Gasteiger partial charge >= 0.3 is 5.97 Å². The second-order valence-corrected chi connectivity index (χ2v) is 6.82. The van der Waals surface area contributed by atoms with Crippen LogP contribution in [-0.4, -0.2) is 41.1 Å². The molecular weight excluding hydrogens is 294 g/mol. The third kappa shape index (κ3) is 3.33. The van der Waals surface area contributed by atoms with Gasteiger partial charge in [0, 0.05) is 13.1 Å². The topological polar surface area (TPSA) is 66.8 Å². The minimum Gasteiger partial charge on any atom is -0.490 e. The van der Waals surface area contributed by atoms with Gasteiger partial charge in [0.25, 0.3) is 5.91 Å². The van der Waals surface area contributed by atoms with Crippen molar-refractivity contribution in [3.05, 3.63) is 29.8 Å². The Balaban J connectivity index is 1.80. The van der Waals surface area contributed by atoms with Crippen LogP contribution in [0.3, 0.4) is 0 Å². The van der Waals surface area contributed by atoms with Crippen molar-refractivity contribution in [2.75, 3.05) is 13.1 Å². The highest BCUT2D eigenvalue weighted by Gasteiger charge is 2.47. The van der Waals surface area contributed by atoms with Crippen LogP contribution in [-0.2, 0) is 4.79 Å². The zero-order chi connectivity index (χ0) is 16.6. The first-order valence-corrected chi connectivity index (χ1v) is 8.25. The van der Waals surface area contributed by atoms with Crippen LogP contribution in [0, 0.1) is 17.8 Å². The Morgan fingerprint density at radius 3 is 2.52 bits per heavy atom. The molecule has 0 unspecified atom stereocenters. The molecule has 1 aliphatic carbocycles. The first kappa shape index (κ1) is 15.8. The van der Waals surface area contributed by atoms with Crippen LogP contribution < -0.4 is 4.74 Å². The van der Waals surface area contributed by atoms with Crippen molar-refractivity contribution < 1.29 is 19.4 Å². The van der Waals surface area contributed by atoms with Crippen LogP contribution in [0.5, 0.6) is 5.75 Å². The summed E-state index contributed by atoms with van der Waals surface area (Å²) < 4.78 is 5.72. The van der Waals surface area contributed by atoms with Crippen molar-refractivity contribution >= 4 is 11.9 Å². The van der Waals surface area contributed by atoms with Gasteiger partial charge in [0.15, 0.2) is 0 Å². The van der Waals surface area contributed by atoms with Gasteiger partial charge in [-0.2, -0.15) is 0 Å². The van der Waals surface area contributed by atoms with Crippen molar-refractivity contribution in [2.24, 2.45) is 17.8 Å². The first-order valence-electron chi connectivity index (χ1n) is 8.25. The van der Waals surface area contributed by atoms with E-state index in [1.807, 2.05) is 26.0 Å². The van der Waals surface area contributed by atoms with Gasteiger partial charge < -0.3 is 14.7 Å². The fraction of sp³-hybridized carbons (Fsp3) is 0.556. The van der Waals surface area contributed by atoms with Crippen LogP contribution in [0.25, 0.3) is 0 Å². The average Bonchev–Trinajstić information content (AvgIpc) is 3.24. The molecule has 124 valence electrons. The molecular formula is C18H23NO4. The number of ether oxygens (including phenoxy) is 1. The molecule has 23 heavy (non-hydrogen) atoms. The number of carboxylic acid groups (broad SMARTS) is 1. The van der Waals surface area contributed by atoms with Crippen LogP contribution >= 0.6 is 0 Å². The average molecular weight is 317 g/mol. The van der Waals surface area contributed by atoms with Gasteiger partial charge in [0.05, 0.1) is 17.6 Å². The fourth-order valence-corrected chi connectivity index (χ4v) is 3.43. The third-order valence-corrected chi connectivity index (χ3v) is 4.68. The highest BCUT2D eigenvalue weighted by Crippen LogP contribution is 2.44. The maximum Gasteiger partial charge on any atom is 0.308 e. The van der Waals surface area contributed by atoms with Crippen LogP contribution in [0.15, 0.2) is 24.3 Å². The van der Waals surface area contributed by atoms with E-state index in [2.05, 4.69) is 0 Å². The van der Waals surface area contributed by atoms with E-state index >= 15 is 0 Å². The standard InChI is InChI=1S/C18H23NO4/c1-11(2)23-16-6-4-3-5-13(16)17(20)19-9-14(12-7-8-12)15(10-19)18(21)22/h3-6,11-12,14-15H,7-10H2,1-2H3,(H,21,22)/t14-,15+/m1/s1.